The van der Waals surface area contributed by atoms with E-state index < -0.39 is 11.8 Å². The second-order valence-corrected chi connectivity index (χ2v) is 2.59. The zero-order valence-electron chi connectivity index (χ0n) is 6.50. The summed E-state index contributed by atoms with van der Waals surface area (Å²) in [5, 5.41) is 0. The number of hydrogen-bond acceptors (Lipinski definition) is 3. The van der Waals surface area contributed by atoms with Crippen LogP contribution in [0.1, 0.15) is 12.8 Å². The van der Waals surface area contributed by atoms with Gasteiger partial charge in [-0.2, -0.15) is 0 Å². The fourth-order valence-electron chi connectivity index (χ4n) is 1.03. The van der Waals surface area contributed by atoms with Gasteiger partial charge in [-0.05, 0) is 0 Å². The number of cyclic esters (lactones) is 2. The molecule has 12 heavy (non-hydrogen) atoms. The van der Waals surface area contributed by atoms with Crippen LogP contribution in [0.2, 0.25) is 0 Å². The van der Waals surface area contributed by atoms with E-state index >= 15 is 0 Å². The number of terminal acetylenes is 2. The predicted molar refractivity (Wildman–Crippen MR) is 42.1 cm³/mol. The molecule has 1 aliphatic rings. The van der Waals surface area contributed by atoms with Crippen LogP contribution in [0.4, 0.5) is 4.79 Å². The number of ether oxygens (including phenoxy) is 2. The normalized spacial score (nSPS) is 18.7. The van der Waals surface area contributed by atoms with Crippen molar-refractivity contribution >= 4 is 6.16 Å². The van der Waals surface area contributed by atoms with Crippen LogP contribution < -0.4 is 0 Å². The second-order valence-electron chi connectivity index (χ2n) is 2.59. The van der Waals surface area contributed by atoms with Crippen molar-refractivity contribution in [2.45, 2.75) is 18.4 Å². The molecule has 1 heterocycles. The topological polar surface area (TPSA) is 35.5 Å². The van der Waals surface area contributed by atoms with E-state index in [1.807, 2.05) is 0 Å². The van der Waals surface area contributed by atoms with Crippen molar-refractivity contribution in [2.24, 2.45) is 0 Å². The zero-order chi connectivity index (χ0) is 9.03. The lowest BCUT2D eigenvalue weighted by atomic mass is 9.98. The van der Waals surface area contributed by atoms with Gasteiger partial charge in [-0.15, -0.1) is 24.7 Å². The third-order valence-corrected chi connectivity index (χ3v) is 1.60. The first-order valence-electron chi connectivity index (χ1n) is 3.45. The summed E-state index contributed by atoms with van der Waals surface area (Å²) in [6.07, 6.45) is 10.1. The van der Waals surface area contributed by atoms with Crippen molar-refractivity contribution in [3.05, 3.63) is 0 Å². The molecule has 1 aliphatic heterocycles. The quantitative estimate of drug-likeness (QED) is 0.450. The molecule has 1 fully saturated rings. The van der Waals surface area contributed by atoms with Crippen molar-refractivity contribution in [2.75, 3.05) is 6.61 Å². The van der Waals surface area contributed by atoms with Crippen LogP contribution in [-0.4, -0.2) is 18.4 Å². The third kappa shape index (κ3) is 1.52. The van der Waals surface area contributed by atoms with Gasteiger partial charge < -0.3 is 9.47 Å². The third-order valence-electron chi connectivity index (χ3n) is 1.60. The maximum atomic E-state index is 10.6. The summed E-state index contributed by atoms with van der Waals surface area (Å²) in [6, 6.07) is 0. The summed E-state index contributed by atoms with van der Waals surface area (Å²) in [6.45, 7) is 0.153. The Bertz CT molecular complexity index is 250. The van der Waals surface area contributed by atoms with Gasteiger partial charge in [0.25, 0.3) is 0 Å². The number of hydrogen-bond donors (Lipinski definition) is 0. The van der Waals surface area contributed by atoms with Gasteiger partial charge in [-0.1, -0.05) is 0 Å². The van der Waals surface area contributed by atoms with Gasteiger partial charge in [-0.25, -0.2) is 4.79 Å². The van der Waals surface area contributed by atoms with Gasteiger partial charge >= 0.3 is 6.16 Å². The number of rotatable bonds is 2. The van der Waals surface area contributed by atoms with Crippen LogP contribution in [0.25, 0.3) is 0 Å². The van der Waals surface area contributed by atoms with Crippen LogP contribution in [0.3, 0.4) is 0 Å². The Hall–Kier alpha value is -1.61. The van der Waals surface area contributed by atoms with Gasteiger partial charge in [0.15, 0.2) is 5.60 Å². The first-order chi connectivity index (χ1) is 5.72. The summed E-state index contributed by atoms with van der Waals surface area (Å²) in [5.74, 6) is 4.81. The Labute approximate surface area is 71.0 Å². The molecule has 1 rings (SSSR count). The zero-order valence-corrected chi connectivity index (χ0v) is 6.50. The fraction of sp³-hybridized carbons (Fsp3) is 0.444. The molecule has 0 aromatic heterocycles. The molecule has 0 spiro atoms. The highest BCUT2D eigenvalue weighted by Crippen LogP contribution is 2.26. The molecule has 0 atom stereocenters. The maximum Gasteiger partial charge on any atom is 0.509 e. The molecule has 0 aliphatic carbocycles. The minimum absolute atomic E-state index is 0.153. The maximum absolute atomic E-state index is 10.6. The van der Waals surface area contributed by atoms with E-state index in [0.29, 0.717) is 12.8 Å². The highest BCUT2D eigenvalue weighted by molar-refractivity contribution is 5.63. The second kappa shape index (κ2) is 3.19. The van der Waals surface area contributed by atoms with Crippen molar-refractivity contribution in [3.63, 3.8) is 0 Å². The van der Waals surface area contributed by atoms with E-state index in [1.165, 1.54) is 0 Å². The van der Waals surface area contributed by atoms with Gasteiger partial charge in [0.05, 0.1) is 12.8 Å². The van der Waals surface area contributed by atoms with Crippen molar-refractivity contribution < 1.29 is 14.3 Å². The Morgan fingerprint density at radius 3 is 2.33 bits per heavy atom. The summed E-state index contributed by atoms with van der Waals surface area (Å²) < 4.78 is 9.51. The SMILES string of the molecule is C#CCC1(CC#C)COC(=O)O1. The summed E-state index contributed by atoms with van der Waals surface area (Å²) in [4.78, 5) is 10.6. The van der Waals surface area contributed by atoms with E-state index in [9.17, 15) is 4.79 Å². The van der Waals surface area contributed by atoms with E-state index in [1.54, 1.807) is 0 Å². The monoisotopic (exact) mass is 164 g/mol. The Morgan fingerprint density at radius 2 is 2.00 bits per heavy atom. The number of carbonyl (C=O) groups excluding carboxylic acids is 1. The molecule has 62 valence electrons. The van der Waals surface area contributed by atoms with E-state index in [-0.39, 0.29) is 6.61 Å². The van der Waals surface area contributed by atoms with Gasteiger partial charge in [0.2, 0.25) is 0 Å². The lowest BCUT2D eigenvalue weighted by Gasteiger charge is -2.18. The molecule has 0 radical (unpaired) electrons. The molecule has 0 bridgehead atoms. The lowest BCUT2D eigenvalue weighted by Crippen LogP contribution is -2.30. The molecule has 0 aromatic carbocycles. The van der Waals surface area contributed by atoms with Gasteiger partial charge in [0, 0.05) is 0 Å². The van der Waals surface area contributed by atoms with Crippen LogP contribution in [0, 0.1) is 24.7 Å². The summed E-state index contributed by atoms with van der Waals surface area (Å²) in [5.41, 5.74) is -0.777. The molecular weight excluding hydrogens is 156 g/mol. The fourth-order valence-corrected chi connectivity index (χ4v) is 1.03. The lowest BCUT2D eigenvalue weighted by molar-refractivity contribution is 0.0645. The molecule has 0 unspecified atom stereocenters. The average Bonchev–Trinajstić information content (AvgIpc) is 2.34. The van der Waals surface area contributed by atoms with E-state index in [0.717, 1.165) is 0 Å². The smallest absolute Gasteiger partial charge is 0.430 e. The van der Waals surface area contributed by atoms with Crippen LogP contribution in [-0.2, 0) is 9.47 Å². The summed E-state index contributed by atoms with van der Waals surface area (Å²) >= 11 is 0. The molecule has 0 aromatic rings. The van der Waals surface area contributed by atoms with Crippen LogP contribution in [0.5, 0.6) is 0 Å². The molecule has 0 N–H and O–H groups in total. The first kappa shape index (κ1) is 8.49. The van der Waals surface area contributed by atoms with Crippen molar-refractivity contribution in [1.82, 2.24) is 0 Å². The molecular formula is C9H8O3. The molecule has 3 nitrogen and oxygen atoms in total. The largest absolute Gasteiger partial charge is 0.509 e. The van der Waals surface area contributed by atoms with Crippen LogP contribution >= 0.6 is 0 Å². The van der Waals surface area contributed by atoms with E-state index in [2.05, 4.69) is 16.6 Å². The minimum atomic E-state index is -0.777. The molecule has 0 saturated carbocycles. The Balaban J connectivity index is 2.69. The van der Waals surface area contributed by atoms with Gasteiger partial charge in [-0.3, -0.25) is 0 Å². The van der Waals surface area contributed by atoms with Crippen LogP contribution in [0.15, 0.2) is 0 Å². The van der Waals surface area contributed by atoms with Crippen molar-refractivity contribution in [1.29, 1.82) is 0 Å². The predicted octanol–water partition coefficient (Wildman–Crippen LogP) is 0.939. The van der Waals surface area contributed by atoms with Gasteiger partial charge in [0.1, 0.15) is 6.61 Å². The Kier molecular flexibility index (Phi) is 2.26. The molecule has 1 saturated heterocycles. The van der Waals surface area contributed by atoms with E-state index in [4.69, 9.17) is 17.6 Å². The standard InChI is InChI=1S/C9H8O3/c1-3-5-9(6-4-2)7-11-8(10)12-9/h1-2H,5-7H2. The first-order valence-corrected chi connectivity index (χ1v) is 3.45. The highest BCUT2D eigenvalue weighted by Gasteiger charge is 2.41. The molecule has 0 amide bonds. The number of carbonyl (C=O) groups is 1. The highest BCUT2D eigenvalue weighted by atomic mass is 16.8. The van der Waals surface area contributed by atoms with Crippen molar-refractivity contribution in [3.8, 4) is 24.7 Å². The minimum Gasteiger partial charge on any atom is -0.430 e. The average molecular weight is 164 g/mol. The Morgan fingerprint density at radius 1 is 1.42 bits per heavy atom. The summed E-state index contributed by atoms with van der Waals surface area (Å²) in [7, 11) is 0. The molecule has 3 heteroatoms.